The lowest BCUT2D eigenvalue weighted by atomic mass is 10.2. The summed E-state index contributed by atoms with van der Waals surface area (Å²) < 4.78 is 1.22. The van der Waals surface area contributed by atoms with E-state index in [1.54, 1.807) is 31.6 Å². The van der Waals surface area contributed by atoms with Gasteiger partial charge < -0.3 is 5.73 Å². The van der Waals surface area contributed by atoms with Crippen LogP contribution < -0.4 is 11.3 Å². The summed E-state index contributed by atoms with van der Waals surface area (Å²) in [5.41, 5.74) is 6.94. The van der Waals surface area contributed by atoms with Crippen LogP contribution in [0.25, 0.3) is 11.3 Å². The molecular formula is C10H10N4O. The molecule has 0 radical (unpaired) electrons. The van der Waals surface area contributed by atoms with E-state index in [9.17, 15) is 4.79 Å². The molecule has 0 bridgehead atoms. The van der Waals surface area contributed by atoms with Crippen molar-refractivity contribution in [2.45, 2.75) is 0 Å². The van der Waals surface area contributed by atoms with E-state index in [-0.39, 0.29) is 11.2 Å². The number of anilines is 1. The minimum absolute atomic E-state index is 0.186. The van der Waals surface area contributed by atoms with E-state index in [0.717, 1.165) is 5.56 Å². The maximum Gasteiger partial charge on any atom is 0.289 e. The summed E-state index contributed by atoms with van der Waals surface area (Å²) in [4.78, 5) is 15.3. The SMILES string of the molecule is Cn1nc(-c2cccnc2)cc(N)c1=O. The number of aryl methyl sites for hydroxylation is 1. The molecule has 2 N–H and O–H groups in total. The van der Waals surface area contributed by atoms with Crippen molar-refractivity contribution in [3.05, 3.63) is 40.9 Å². The van der Waals surface area contributed by atoms with Crippen molar-refractivity contribution in [2.75, 3.05) is 5.73 Å². The molecule has 5 nitrogen and oxygen atoms in total. The van der Waals surface area contributed by atoms with Crippen molar-refractivity contribution >= 4 is 5.69 Å². The number of pyridine rings is 1. The molecule has 76 valence electrons. The summed E-state index contributed by atoms with van der Waals surface area (Å²) in [5, 5.41) is 4.09. The second-order valence-electron chi connectivity index (χ2n) is 3.16. The van der Waals surface area contributed by atoms with Gasteiger partial charge in [-0.3, -0.25) is 9.78 Å². The highest BCUT2D eigenvalue weighted by Gasteiger charge is 2.04. The van der Waals surface area contributed by atoms with E-state index in [4.69, 9.17) is 5.73 Å². The standard InChI is InChI=1S/C10H10N4O/c1-14-10(15)8(11)5-9(13-14)7-3-2-4-12-6-7/h2-6H,11H2,1H3. The number of rotatable bonds is 1. The van der Waals surface area contributed by atoms with Gasteiger partial charge in [0.15, 0.2) is 0 Å². The Bertz CT molecular complexity index is 507. The van der Waals surface area contributed by atoms with Crippen LogP contribution in [-0.2, 0) is 7.05 Å². The van der Waals surface area contributed by atoms with Crippen molar-refractivity contribution in [3.8, 4) is 11.3 Å². The Kier molecular flexibility index (Phi) is 2.21. The van der Waals surface area contributed by atoms with Crippen LogP contribution in [0.1, 0.15) is 0 Å². The molecule has 0 atom stereocenters. The van der Waals surface area contributed by atoms with Crippen LogP contribution in [0.15, 0.2) is 35.4 Å². The zero-order valence-electron chi connectivity index (χ0n) is 8.21. The summed E-state index contributed by atoms with van der Waals surface area (Å²) in [5.74, 6) is 0. The zero-order valence-corrected chi connectivity index (χ0v) is 8.21. The van der Waals surface area contributed by atoms with Gasteiger partial charge in [0, 0.05) is 25.0 Å². The second kappa shape index (κ2) is 3.53. The lowest BCUT2D eigenvalue weighted by molar-refractivity contribution is 0.715. The molecule has 0 amide bonds. The fourth-order valence-electron chi connectivity index (χ4n) is 1.29. The molecular weight excluding hydrogens is 192 g/mol. The zero-order chi connectivity index (χ0) is 10.8. The Morgan fingerprint density at radius 3 is 2.87 bits per heavy atom. The average molecular weight is 202 g/mol. The first-order chi connectivity index (χ1) is 7.18. The molecule has 15 heavy (non-hydrogen) atoms. The highest BCUT2D eigenvalue weighted by atomic mass is 16.1. The lowest BCUT2D eigenvalue weighted by Gasteiger charge is -2.03. The van der Waals surface area contributed by atoms with E-state index in [1.807, 2.05) is 6.07 Å². The van der Waals surface area contributed by atoms with E-state index in [2.05, 4.69) is 10.1 Å². The molecule has 0 aliphatic carbocycles. The van der Waals surface area contributed by atoms with Crippen LogP contribution in [0, 0.1) is 0 Å². The van der Waals surface area contributed by atoms with Crippen LogP contribution >= 0.6 is 0 Å². The fraction of sp³-hybridized carbons (Fsp3) is 0.100. The van der Waals surface area contributed by atoms with Gasteiger partial charge in [-0.25, -0.2) is 4.68 Å². The molecule has 0 aliphatic rings. The number of hydrogen-bond donors (Lipinski definition) is 1. The van der Waals surface area contributed by atoms with Crippen LogP contribution in [0.4, 0.5) is 5.69 Å². The number of nitrogen functional groups attached to an aromatic ring is 1. The van der Waals surface area contributed by atoms with Gasteiger partial charge in [0.25, 0.3) is 5.56 Å². The molecule has 0 unspecified atom stereocenters. The summed E-state index contributed by atoms with van der Waals surface area (Å²) in [6.45, 7) is 0. The summed E-state index contributed by atoms with van der Waals surface area (Å²) in [6, 6.07) is 5.22. The molecule has 0 aliphatic heterocycles. The Morgan fingerprint density at radius 1 is 1.47 bits per heavy atom. The highest BCUT2D eigenvalue weighted by molar-refractivity contribution is 5.60. The summed E-state index contributed by atoms with van der Waals surface area (Å²) in [6.07, 6.45) is 3.35. The van der Waals surface area contributed by atoms with Gasteiger partial charge >= 0.3 is 0 Å². The molecule has 0 saturated heterocycles. The van der Waals surface area contributed by atoms with Crippen molar-refractivity contribution in [3.63, 3.8) is 0 Å². The Balaban J connectivity index is 2.61. The van der Waals surface area contributed by atoms with Gasteiger partial charge in [0.05, 0.1) is 5.69 Å². The minimum atomic E-state index is -0.289. The second-order valence-corrected chi connectivity index (χ2v) is 3.16. The third-order valence-electron chi connectivity index (χ3n) is 2.05. The highest BCUT2D eigenvalue weighted by Crippen LogP contribution is 2.14. The van der Waals surface area contributed by atoms with Gasteiger partial charge in [-0.15, -0.1) is 0 Å². The molecule has 2 aromatic rings. The van der Waals surface area contributed by atoms with Crippen LogP contribution in [0.3, 0.4) is 0 Å². The molecule has 2 heterocycles. The first kappa shape index (κ1) is 9.39. The van der Waals surface area contributed by atoms with E-state index in [1.165, 1.54) is 4.68 Å². The summed E-state index contributed by atoms with van der Waals surface area (Å²) in [7, 11) is 1.57. The van der Waals surface area contributed by atoms with Gasteiger partial charge in [0.2, 0.25) is 0 Å². The topological polar surface area (TPSA) is 73.8 Å². The van der Waals surface area contributed by atoms with Crippen molar-refractivity contribution in [1.82, 2.24) is 14.8 Å². The maximum absolute atomic E-state index is 11.3. The van der Waals surface area contributed by atoms with E-state index >= 15 is 0 Å². The van der Waals surface area contributed by atoms with Crippen molar-refractivity contribution < 1.29 is 0 Å². The van der Waals surface area contributed by atoms with E-state index < -0.39 is 0 Å². The predicted octanol–water partition coefficient (Wildman–Crippen LogP) is 0.424. The number of nitrogens with zero attached hydrogens (tertiary/aromatic N) is 3. The van der Waals surface area contributed by atoms with Crippen LogP contribution in [0.2, 0.25) is 0 Å². The third-order valence-corrected chi connectivity index (χ3v) is 2.05. The summed E-state index contributed by atoms with van der Waals surface area (Å²) >= 11 is 0. The van der Waals surface area contributed by atoms with Crippen LogP contribution in [0.5, 0.6) is 0 Å². The van der Waals surface area contributed by atoms with E-state index in [0.29, 0.717) is 5.69 Å². The number of nitrogens with two attached hydrogens (primary N) is 1. The van der Waals surface area contributed by atoms with Crippen molar-refractivity contribution in [2.24, 2.45) is 7.05 Å². The molecule has 2 aromatic heterocycles. The maximum atomic E-state index is 11.3. The number of aromatic nitrogens is 3. The molecule has 0 fully saturated rings. The third kappa shape index (κ3) is 1.71. The molecule has 0 spiro atoms. The average Bonchev–Trinajstić information content (AvgIpc) is 2.26. The number of hydrogen-bond acceptors (Lipinski definition) is 4. The van der Waals surface area contributed by atoms with Gasteiger partial charge in [0.1, 0.15) is 5.69 Å². The largest absolute Gasteiger partial charge is 0.394 e. The molecule has 0 aromatic carbocycles. The molecule has 5 heteroatoms. The minimum Gasteiger partial charge on any atom is -0.394 e. The Labute approximate surface area is 86.2 Å². The first-order valence-corrected chi connectivity index (χ1v) is 4.42. The van der Waals surface area contributed by atoms with Gasteiger partial charge in [-0.1, -0.05) is 0 Å². The monoisotopic (exact) mass is 202 g/mol. The van der Waals surface area contributed by atoms with Crippen molar-refractivity contribution in [1.29, 1.82) is 0 Å². The fourth-order valence-corrected chi connectivity index (χ4v) is 1.29. The van der Waals surface area contributed by atoms with Gasteiger partial charge in [-0.2, -0.15) is 5.10 Å². The Hall–Kier alpha value is -2.17. The lowest BCUT2D eigenvalue weighted by Crippen LogP contribution is -2.22. The Morgan fingerprint density at radius 2 is 2.27 bits per heavy atom. The predicted molar refractivity (Wildman–Crippen MR) is 57.1 cm³/mol. The molecule has 2 rings (SSSR count). The van der Waals surface area contributed by atoms with Crippen LogP contribution in [-0.4, -0.2) is 14.8 Å². The first-order valence-electron chi connectivity index (χ1n) is 4.42. The smallest absolute Gasteiger partial charge is 0.289 e. The van der Waals surface area contributed by atoms with Gasteiger partial charge in [-0.05, 0) is 18.2 Å². The normalized spacial score (nSPS) is 10.2. The molecule has 0 saturated carbocycles. The quantitative estimate of drug-likeness (QED) is 0.727.